The van der Waals surface area contributed by atoms with Crippen LogP contribution in [0.5, 0.6) is 5.75 Å². The first-order chi connectivity index (χ1) is 15.5. The first-order valence-corrected chi connectivity index (χ1v) is 10.8. The third kappa shape index (κ3) is 4.78. The molecule has 0 fully saturated rings. The summed E-state index contributed by atoms with van der Waals surface area (Å²) >= 11 is 5.73. The molecule has 0 atom stereocenters. The van der Waals surface area contributed by atoms with Gasteiger partial charge in [-0.25, -0.2) is 4.68 Å². The number of carbonyl (C=O) groups excluding carboxylic acids is 1. The summed E-state index contributed by atoms with van der Waals surface area (Å²) in [5.41, 5.74) is 3.63. The molecule has 0 radical (unpaired) electrons. The number of carbonyl (C=O) groups is 1. The molecule has 0 spiro atoms. The van der Waals surface area contributed by atoms with Gasteiger partial charge in [0.05, 0.1) is 12.3 Å². The topological polar surface area (TPSA) is 61.1 Å². The van der Waals surface area contributed by atoms with Crippen molar-refractivity contribution in [1.82, 2.24) is 14.3 Å². The van der Waals surface area contributed by atoms with Crippen LogP contribution in [0.3, 0.4) is 0 Å². The minimum Gasteiger partial charge on any atom is -0.494 e. The average molecular weight is 445 g/mol. The second-order valence-corrected chi connectivity index (χ2v) is 7.67. The lowest BCUT2D eigenvalue weighted by atomic mass is 10.2. The molecule has 1 aromatic heterocycles. The minimum absolute atomic E-state index is 0.00466. The Labute approximate surface area is 192 Å². The predicted octanol–water partition coefficient (Wildman–Crippen LogP) is 5.42. The van der Waals surface area contributed by atoms with Gasteiger partial charge in [-0.15, -0.1) is 0 Å². The second-order valence-electron chi connectivity index (χ2n) is 7.31. The summed E-state index contributed by atoms with van der Waals surface area (Å²) in [4.78, 5) is 12.7. The van der Waals surface area contributed by atoms with E-state index in [-0.39, 0.29) is 12.5 Å². The van der Waals surface area contributed by atoms with Gasteiger partial charge in [-0.3, -0.25) is 9.36 Å². The van der Waals surface area contributed by atoms with Gasteiger partial charge < -0.3 is 10.1 Å². The van der Waals surface area contributed by atoms with Crippen LogP contribution in [0.15, 0.2) is 78.9 Å². The number of aryl methyl sites for hydroxylation is 1. The van der Waals surface area contributed by atoms with Gasteiger partial charge >= 0.3 is 0 Å². The number of nitrogens with one attached hydrogen (secondary N) is 1. The Hall–Kier alpha value is -3.71. The second kappa shape index (κ2) is 9.62. The number of rotatable bonds is 7. The van der Waals surface area contributed by atoms with Crippen molar-refractivity contribution in [3.63, 3.8) is 0 Å². The maximum atomic E-state index is 12.7. The molecule has 1 heterocycles. The number of hydrogen-bond donors (Lipinski definition) is 1. The number of nitrogens with zero attached hydrogens (tertiary/aromatic N) is 3. The molecule has 162 valence electrons. The van der Waals surface area contributed by atoms with E-state index >= 15 is 0 Å². The molecule has 0 aliphatic carbocycles. The third-order valence-corrected chi connectivity index (χ3v) is 5.27. The van der Waals surface area contributed by atoms with Crippen LogP contribution in [-0.2, 0) is 11.3 Å². The fourth-order valence-electron chi connectivity index (χ4n) is 3.42. The van der Waals surface area contributed by atoms with E-state index < -0.39 is 0 Å². The highest BCUT2D eigenvalue weighted by Crippen LogP contribution is 2.23. The van der Waals surface area contributed by atoms with Crippen molar-refractivity contribution in [1.29, 1.82) is 0 Å². The number of hydrogen-bond acceptors (Lipinski definition) is 4. The first kappa shape index (κ1) is 21.5. The highest BCUT2D eigenvalue weighted by molar-refractivity contribution is 7.71. The van der Waals surface area contributed by atoms with Crippen molar-refractivity contribution in [2.24, 2.45) is 0 Å². The molecule has 0 aliphatic rings. The summed E-state index contributed by atoms with van der Waals surface area (Å²) in [6.45, 7) is 4.56. The quantitative estimate of drug-likeness (QED) is 0.387. The van der Waals surface area contributed by atoms with E-state index in [2.05, 4.69) is 5.32 Å². The molecule has 0 saturated carbocycles. The van der Waals surface area contributed by atoms with Crippen molar-refractivity contribution in [2.45, 2.75) is 20.4 Å². The fourth-order valence-corrected chi connectivity index (χ4v) is 3.72. The summed E-state index contributed by atoms with van der Waals surface area (Å²) in [6, 6.07) is 25.1. The molecular formula is C25H24N4O2S. The molecule has 0 unspecified atom stereocenters. The zero-order valence-corrected chi connectivity index (χ0v) is 18.8. The highest BCUT2D eigenvalue weighted by atomic mass is 32.1. The number of anilines is 1. The molecule has 6 nitrogen and oxygen atoms in total. The van der Waals surface area contributed by atoms with Gasteiger partial charge in [0.2, 0.25) is 10.7 Å². The summed E-state index contributed by atoms with van der Waals surface area (Å²) in [5, 5.41) is 7.59. The van der Waals surface area contributed by atoms with Crippen LogP contribution in [0.25, 0.3) is 17.1 Å². The van der Waals surface area contributed by atoms with Crippen LogP contribution in [0.2, 0.25) is 0 Å². The summed E-state index contributed by atoms with van der Waals surface area (Å²) in [6.07, 6.45) is 0. The van der Waals surface area contributed by atoms with Gasteiger partial charge in [-0.2, -0.15) is 5.10 Å². The maximum absolute atomic E-state index is 12.7. The third-order valence-electron chi connectivity index (χ3n) is 4.87. The van der Waals surface area contributed by atoms with Gasteiger partial charge in [0, 0.05) is 11.3 Å². The van der Waals surface area contributed by atoms with Crippen LogP contribution in [0.1, 0.15) is 12.5 Å². The molecule has 1 N–H and O–H groups in total. The largest absolute Gasteiger partial charge is 0.494 e. The Morgan fingerprint density at radius 3 is 2.47 bits per heavy atom. The highest BCUT2D eigenvalue weighted by Gasteiger charge is 2.16. The van der Waals surface area contributed by atoms with Gasteiger partial charge in [-0.1, -0.05) is 42.5 Å². The molecule has 7 heteroatoms. The van der Waals surface area contributed by atoms with Gasteiger partial charge in [0.1, 0.15) is 12.3 Å². The van der Waals surface area contributed by atoms with E-state index in [1.165, 1.54) is 0 Å². The van der Waals surface area contributed by atoms with Crippen LogP contribution >= 0.6 is 12.2 Å². The fraction of sp³-hybridized carbons (Fsp3) is 0.160. The van der Waals surface area contributed by atoms with E-state index in [9.17, 15) is 4.79 Å². The smallest absolute Gasteiger partial charge is 0.246 e. The van der Waals surface area contributed by atoms with Crippen LogP contribution in [-0.4, -0.2) is 26.9 Å². The standard InChI is InChI=1S/C25H24N4O2S/c1-3-31-22-14-12-20(13-15-22)26-23(30)17-28-25(32)29(21-11-7-8-18(2)16-21)24(27-28)19-9-5-4-6-10-19/h4-16H,3,17H2,1-2H3,(H,26,30). The van der Waals surface area contributed by atoms with Crippen LogP contribution in [0.4, 0.5) is 5.69 Å². The van der Waals surface area contributed by atoms with Crippen molar-refractivity contribution in [3.05, 3.63) is 89.2 Å². The average Bonchev–Trinajstić information content (AvgIpc) is 3.12. The number of ether oxygens (including phenoxy) is 1. The predicted molar refractivity (Wildman–Crippen MR) is 129 cm³/mol. The maximum Gasteiger partial charge on any atom is 0.246 e. The van der Waals surface area contributed by atoms with E-state index in [0.29, 0.717) is 22.9 Å². The van der Waals surface area contributed by atoms with Crippen LogP contribution < -0.4 is 10.1 Å². The molecular weight excluding hydrogens is 420 g/mol. The summed E-state index contributed by atoms with van der Waals surface area (Å²) < 4.78 is 9.36. The van der Waals surface area contributed by atoms with Gasteiger partial charge in [-0.05, 0) is 68.0 Å². The SMILES string of the molecule is CCOc1ccc(NC(=O)Cn2nc(-c3ccccc3)n(-c3cccc(C)c3)c2=S)cc1. The zero-order valence-electron chi connectivity index (χ0n) is 18.0. The number of aromatic nitrogens is 3. The van der Waals surface area contributed by atoms with Gasteiger partial charge in [0.15, 0.2) is 5.82 Å². The van der Waals surface area contributed by atoms with Crippen molar-refractivity contribution in [2.75, 3.05) is 11.9 Å². The monoisotopic (exact) mass is 444 g/mol. The number of benzene rings is 3. The van der Waals surface area contributed by atoms with Crippen molar-refractivity contribution < 1.29 is 9.53 Å². The molecule has 3 aromatic carbocycles. The molecule has 0 aliphatic heterocycles. The van der Waals surface area contributed by atoms with Gasteiger partial charge in [0.25, 0.3) is 0 Å². The van der Waals surface area contributed by atoms with Crippen molar-refractivity contribution in [3.8, 4) is 22.8 Å². The number of amides is 1. The summed E-state index contributed by atoms with van der Waals surface area (Å²) in [7, 11) is 0. The van der Waals surface area contributed by atoms with E-state index in [1.807, 2.05) is 97.3 Å². The van der Waals surface area contributed by atoms with E-state index in [1.54, 1.807) is 4.68 Å². The molecule has 1 amide bonds. The first-order valence-electron chi connectivity index (χ1n) is 10.4. The lowest BCUT2D eigenvalue weighted by molar-refractivity contribution is -0.116. The molecule has 4 aromatic rings. The zero-order chi connectivity index (χ0) is 22.5. The minimum atomic E-state index is -0.209. The molecule has 4 rings (SSSR count). The Morgan fingerprint density at radius 2 is 1.78 bits per heavy atom. The normalized spacial score (nSPS) is 10.7. The van der Waals surface area contributed by atoms with E-state index in [0.717, 1.165) is 22.6 Å². The lowest BCUT2D eigenvalue weighted by Gasteiger charge is -2.08. The van der Waals surface area contributed by atoms with Crippen molar-refractivity contribution >= 4 is 23.8 Å². The van der Waals surface area contributed by atoms with E-state index in [4.69, 9.17) is 22.1 Å². The Morgan fingerprint density at radius 1 is 1.03 bits per heavy atom. The Bertz CT molecular complexity index is 1280. The molecule has 0 bridgehead atoms. The molecule has 0 saturated heterocycles. The van der Waals surface area contributed by atoms with Crippen LogP contribution in [0, 0.1) is 11.7 Å². The Balaban J connectivity index is 1.64. The molecule has 32 heavy (non-hydrogen) atoms. The lowest BCUT2D eigenvalue weighted by Crippen LogP contribution is -2.19. The summed E-state index contributed by atoms with van der Waals surface area (Å²) in [5.74, 6) is 1.24. The Kier molecular flexibility index (Phi) is 6.47.